The van der Waals surface area contributed by atoms with Crippen LogP contribution in [-0.4, -0.2) is 44.9 Å². The Kier molecular flexibility index (Phi) is 3.06. The van der Waals surface area contributed by atoms with E-state index in [-0.39, 0.29) is 6.04 Å². The fourth-order valence-electron chi connectivity index (χ4n) is 1.97. The van der Waals surface area contributed by atoms with Crippen molar-refractivity contribution in [3.8, 4) is 0 Å². The van der Waals surface area contributed by atoms with E-state index in [0.29, 0.717) is 13.1 Å². The van der Waals surface area contributed by atoms with Gasteiger partial charge in [-0.15, -0.1) is 0 Å². The lowest BCUT2D eigenvalue weighted by atomic mass is 10.3. The van der Waals surface area contributed by atoms with Gasteiger partial charge in [0, 0.05) is 25.7 Å². The van der Waals surface area contributed by atoms with Crippen LogP contribution in [0.25, 0.3) is 0 Å². The third kappa shape index (κ3) is 2.25. The Morgan fingerprint density at radius 3 is 2.57 bits per heavy atom. The summed E-state index contributed by atoms with van der Waals surface area (Å²) in [4.78, 5) is 0. The van der Waals surface area contributed by atoms with Gasteiger partial charge in [-0.3, -0.25) is 0 Å². The smallest absolute Gasteiger partial charge is 0.279 e. The maximum atomic E-state index is 11.8. The van der Waals surface area contributed by atoms with E-state index in [1.807, 2.05) is 0 Å². The molecule has 0 bridgehead atoms. The van der Waals surface area contributed by atoms with Crippen molar-refractivity contribution in [1.29, 1.82) is 0 Å². The van der Waals surface area contributed by atoms with Gasteiger partial charge in [-0.25, -0.2) is 0 Å². The summed E-state index contributed by atoms with van der Waals surface area (Å²) in [6, 6.07) is 0.0839. The monoisotopic (exact) mass is 219 g/mol. The van der Waals surface area contributed by atoms with Crippen molar-refractivity contribution in [2.75, 3.05) is 26.2 Å². The molecule has 0 radical (unpaired) electrons. The highest BCUT2D eigenvalue weighted by Crippen LogP contribution is 2.12. The second kappa shape index (κ2) is 4.14. The highest BCUT2D eigenvalue weighted by molar-refractivity contribution is 7.87. The minimum atomic E-state index is -3.20. The van der Waals surface area contributed by atoms with E-state index < -0.39 is 10.2 Å². The summed E-state index contributed by atoms with van der Waals surface area (Å²) < 4.78 is 27.8. The zero-order valence-electron chi connectivity index (χ0n) is 8.20. The van der Waals surface area contributed by atoms with Crippen LogP contribution in [0.3, 0.4) is 0 Å². The topological polar surface area (TPSA) is 61.4 Å². The lowest BCUT2D eigenvalue weighted by molar-refractivity contribution is 0.455. The molecular formula is C8H17N3O2S. The van der Waals surface area contributed by atoms with Crippen LogP contribution in [0.1, 0.15) is 19.3 Å². The van der Waals surface area contributed by atoms with Gasteiger partial charge < -0.3 is 5.32 Å². The Labute approximate surface area is 85.0 Å². The first-order chi connectivity index (χ1) is 6.68. The van der Waals surface area contributed by atoms with E-state index >= 15 is 0 Å². The Balaban J connectivity index is 1.93. The molecule has 2 N–H and O–H groups in total. The predicted octanol–water partition coefficient (Wildman–Crippen LogP) is -0.721. The first-order valence-corrected chi connectivity index (χ1v) is 6.60. The van der Waals surface area contributed by atoms with Gasteiger partial charge in [-0.05, 0) is 25.8 Å². The van der Waals surface area contributed by atoms with Crippen molar-refractivity contribution in [1.82, 2.24) is 14.3 Å². The molecule has 0 aromatic rings. The van der Waals surface area contributed by atoms with Crippen molar-refractivity contribution in [2.24, 2.45) is 0 Å². The van der Waals surface area contributed by atoms with Crippen molar-refractivity contribution in [2.45, 2.75) is 25.3 Å². The van der Waals surface area contributed by atoms with Crippen molar-refractivity contribution in [3.05, 3.63) is 0 Å². The average Bonchev–Trinajstić information content (AvgIpc) is 2.71. The number of hydrogen-bond acceptors (Lipinski definition) is 3. The number of nitrogens with one attached hydrogen (secondary N) is 2. The zero-order chi connectivity index (χ0) is 10.0. The van der Waals surface area contributed by atoms with Gasteiger partial charge in [0.2, 0.25) is 0 Å². The molecule has 0 aromatic carbocycles. The molecule has 0 saturated carbocycles. The van der Waals surface area contributed by atoms with E-state index in [1.54, 1.807) is 4.31 Å². The molecule has 2 heterocycles. The molecule has 2 aliphatic rings. The standard InChI is InChI=1S/C8H17N3O2S/c12-14(13,11-5-1-2-6-11)10-8-3-4-9-7-8/h8-10H,1-7H2. The molecule has 14 heavy (non-hydrogen) atoms. The SMILES string of the molecule is O=S(=O)(NC1CCNC1)N1CCCC1. The minimum absolute atomic E-state index is 0.0839. The highest BCUT2D eigenvalue weighted by atomic mass is 32.2. The molecule has 2 fully saturated rings. The lowest BCUT2D eigenvalue weighted by Crippen LogP contribution is -2.44. The summed E-state index contributed by atoms with van der Waals surface area (Å²) in [6.07, 6.45) is 2.88. The summed E-state index contributed by atoms with van der Waals surface area (Å²) in [5.74, 6) is 0. The summed E-state index contributed by atoms with van der Waals surface area (Å²) in [5.41, 5.74) is 0. The molecule has 1 unspecified atom stereocenters. The molecule has 5 nitrogen and oxygen atoms in total. The second-order valence-corrected chi connectivity index (χ2v) is 5.62. The highest BCUT2D eigenvalue weighted by Gasteiger charge is 2.28. The lowest BCUT2D eigenvalue weighted by Gasteiger charge is -2.19. The van der Waals surface area contributed by atoms with Gasteiger partial charge >= 0.3 is 0 Å². The number of nitrogens with zero attached hydrogens (tertiary/aromatic N) is 1. The summed E-state index contributed by atoms with van der Waals surface area (Å²) in [5, 5.41) is 3.14. The predicted molar refractivity (Wildman–Crippen MR) is 54.1 cm³/mol. The average molecular weight is 219 g/mol. The van der Waals surface area contributed by atoms with Gasteiger partial charge in [0.05, 0.1) is 0 Å². The molecule has 6 heteroatoms. The zero-order valence-corrected chi connectivity index (χ0v) is 9.02. The molecule has 2 rings (SSSR count). The van der Waals surface area contributed by atoms with E-state index in [1.165, 1.54) is 0 Å². The van der Waals surface area contributed by atoms with Gasteiger partial charge in [0.15, 0.2) is 0 Å². The van der Waals surface area contributed by atoms with Crippen molar-refractivity contribution >= 4 is 10.2 Å². The molecule has 0 spiro atoms. The molecule has 2 aliphatic heterocycles. The maximum absolute atomic E-state index is 11.8. The molecule has 82 valence electrons. The number of rotatable bonds is 3. The van der Waals surface area contributed by atoms with E-state index in [0.717, 1.165) is 32.4 Å². The first-order valence-electron chi connectivity index (χ1n) is 5.16. The van der Waals surface area contributed by atoms with Gasteiger partial charge in [0.1, 0.15) is 0 Å². The van der Waals surface area contributed by atoms with Crippen LogP contribution >= 0.6 is 0 Å². The van der Waals surface area contributed by atoms with Crippen LogP contribution in [0.5, 0.6) is 0 Å². The largest absolute Gasteiger partial charge is 0.315 e. The van der Waals surface area contributed by atoms with Crippen LogP contribution in [0.15, 0.2) is 0 Å². The Morgan fingerprint density at radius 2 is 2.00 bits per heavy atom. The first kappa shape index (κ1) is 10.4. The molecular weight excluding hydrogens is 202 g/mol. The van der Waals surface area contributed by atoms with E-state index in [4.69, 9.17) is 0 Å². The van der Waals surface area contributed by atoms with Crippen LogP contribution in [0.2, 0.25) is 0 Å². The van der Waals surface area contributed by atoms with Crippen molar-refractivity contribution in [3.63, 3.8) is 0 Å². The van der Waals surface area contributed by atoms with Crippen LogP contribution in [0, 0.1) is 0 Å². The Hall–Kier alpha value is -0.170. The van der Waals surface area contributed by atoms with Gasteiger partial charge in [-0.1, -0.05) is 0 Å². The summed E-state index contributed by atoms with van der Waals surface area (Å²) in [7, 11) is -3.20. The van der Waals surface area contributed by atoms with Gasteiger partial charge in [-0.2, -0.15) is 17.4 Å². The Bertz CT molecular complexity index is 279. The maximum Gasteiger partial charge on any atom is 0.279 e. The normalized spacial score (nSPS) is 29.9. The van der Waals surface area contributed by atoms with Crippen LogP contribution in [0.4, 0.5) is 0 Å². The quantitative estimate of drug-likeness (QED) is 0.658. The molecule has 0 aliphatic carbocycles. The minimum Gasteiger partial charge on any atom is -0.315 e. The van der Waals surface area contributed by atoms with Gasteiger partial charge in [0.25, 0.3) is 10.2 Å². The fraction of sp³-hybridized carbons (Fsp3) is 1.00. The summed E-state index contributed by atoms with van der Waals surface area (Å²) in [6.45, 7) is 3.02. The molecule has 0 amide bonds. The second-order valence-electron chi connectivity index (χ2n) is 3.92. The van der Waals surface area contributed by atoms with E-state index in [9.17, 15) is 8.42 Å². The summed E-state index contributed by atoms with van der Waals surface area (Å²) >= 11 is 0. The van der Waals surface area contributed by atoms with Crippen molar-refractivity contribution < 1.29 is 8.42 Å². The molecule has 1 atom stereocenters. The Morgan fingerprint density at radius 1 is 1.29 bits per heavy atom. The van der Waals surface area contributed by atoms with E-state index in [2.05, 4.69) is 10.0 Å². The van der Waals surface area contributed by atoms with Crippen LogP contribution < -0.4 is 10.0 Å². The van der Waals surface area contributed by atoms with Crippen LogP contribution in [-0.2, 0) is 10.2 Å². The third-order valence-electron chi connectivity index (χ3n) is 2.78. The molecule has 2 saturated heterocycles. The third-order valence-corrected chi connectivity index (χ3v) is 4.46. The molecule has 0 aromatic heterocycles. The fourth-order valence-corrected chi connectivity index (χ4v) is 3.48. The number of hydrogen-bond donors (Lipinski definition) is 2.